The van der Waals surface area contributed by atoms with E-state index in [9.17, 15) is 0 Å². The quantitative estimate of drug-likeness (QED) is 0.756. The van der Waals surface area contributed by atoms with Crippen LogP contribution in [0.3, 0.4) is 0 Å². The Kier molecular flexibility index (Phi) is 6.72. The van der Waals surface area contributed by atoms with Crippen molar-refractivity contribution in [2.24, 2.45) is 5.41 Å². The molecule has 3 rings (SSSR count). The molecule has 1 aliphatic rings. The number of rotatable bonds is 4. The first-order valence-corrected chi connectivity index (χ1v) is 9.37. The zero-order chi connectivity index (χ0) is 20.0. The minimum absolute atomic E-state index is 0.279. The lowest BCUT2D eigenvalue weighted by Gasteiger charge is -2.33. The van der Waals surface area contributed by atoms with Crippen LogP contribution >= 0.6 is 0 Å². The predicted octanol–water partition coefficient (Wildman–Crippen LogP) is 5.20. The Balaban J connectivity index is 0.000000369. The number of nitrogens with two attached hydrogens (primary N) is 1. The second-order valence-corrected chi connectivity index (χ2v) is 7.62. The first-order valence-electron chi connectivity index (χ1n) is 9.37. The van der Waals surface area contributed by atoms with Crippen molar-refractivity contribution in [1.82, 2.24) is 19.5 Å². The highest BCUT2D eigenvalue weighted by atomic mass is 15.0. The van der Waals surface area contributed by atoms with Crippen molar-refractivity contribution in [2.45, 2.75) is 53.9 Å². The van der Waals surface area contributed by atoms with Gasteiger partial charge in [0, 0.05) is 30.4 Å². The van der Waals surface area contributed by atoms with Crippen molar-refractivity contribution in [1.29, 1.82) is 0 Å². The summed E-state index contributed by atoms with van der Waals surface area (Å²) in [7, 11) is 0. The Bertz CT molecular complexity index is 849. The van der Waals surface area contributed by atoms with Crippen molar-refractivity contribution >= 4 is 17.7 Å². The van der Waals surface area contributed by atoms with E-state index in [0.717, 1.165) is 33.6 Å². The molecule has 5 nitrogen and oxygen atoms in total. The van der Waals surface area contributed by atoms with Gasteiger partial charge in [-0.1, -0.05) is 39.0 Å². The predicted molar refractivity (Wildman–Crippen MR) is 114 cm³/mol. The maximum atomic E-state index is 5.62. The summed E-state index contributed by atoms with van der Waals surface area (Å²) in [6, 6.07) is 0. The summed E-state index contributed by atoms with van der Waals surface area (Å²) in [5.74, 6) is 1.19. The number of nitrogen functional groups attached to an aromatic ring is 1. The van der Waals surface area contributed by atoms with Gasteiger partial charge in [-0.3, -0.25) is 0 Å². The summed E-state index contributed by atoms with van der Waals surface area (Å²) < 4.78 is 1.95. The van der Waals surface area contributed by atoms with Crippen LogP contribution in [0.1, 0.15) is 57.1 Å². The fourth-order valence-corrected chi connectivity index (χ4v) is 3.02. The number of hydrogen-bond acceptors (Lipinski definition) is 4. The zero-order valence-corrected chi connectivity index (χ0v) is 17.2. The normalized spacial score (nSPS) is 16.2. The van der Waals surface area contributed by atoms with Gasteiger partial charge in [-0.05, 0) is 50.2 Å². The molecule has 2 aromatic rings. The lowest BCUT2D eigenvalue weighted by atomic mass is 9.72. The average molecular weight is 366 g/mol. The van der Waals surface area contributed by atoms with Crippen molar-refractivity contribution in [2.75, 3.05) is 5.73 Å². The number of anilines is 1. The van der Waals surface area contributed by atoms with Gasteiger partial charge >= 0.3 is 0 Å². The first kappa shape index (κ1) is 20.6. The third-order valence-corrected chi connectivity index (χ3v) is 4.96. The molecule has 0 atom stereocenters. The summed E-state index contributed by atoms with van der Waals surface area (Å²) in [5, 5.41) is 0. The lowest BCUT2D eigenvalue weighted by Crippen LogP contribution is -2.20. The van der Waals surface area contributed by atoms with E-state index in [-0.39, 0.29) is 5.95 Å². The number of hydrogen-bond donors (Lipinski definition) is 1. The van der Waals surface area contributed by atoms with Crippen LogP contribution in [-0.2, 0) is 0 Å². The summed E-state index contributed by atoms with van der Waals surface area (Å²) >= 11 is 0. The Morgan fingerprint density at radius 3 is 2.33 bits per heavy atom. The van der Waals surface area contributed by atoms with E-state index < -0.39 is 0 Å². The maximum Gasteiger partial charge on any atom is 0.220 e. The minimum Gasteiger partial charge on any atom is -0.368 e. The fourth-order valence-electron chi connectivity index (χ4n) is 3.02. The number of nitrogens with zero attached hydrogens (tertiary/aromatic N) is 4. The van der Waals surface area contributed by atoms with Crippen LogP contribution in [0.25, 0.3) is 11.8 Å². The van der Waals surface area contributed by atoms with E-state index in [1.54, 1.807) is 12.4 Å². The largest absolute Gasteiger partial charge is 0.368 e. The second-order valence-electron chi connectivity index (χ2n) is 7.62. The number of allylic oxidation sites excluding steroid dienone is 4. The Morgan fingerprint density at radius 2 is 1.93 bits per heavy atom. The summed E-state index contributed by atoms with van der Waals surface area (Å²) in [4.78, 5) is 12.5. The van der Waals surface area contributed by atoms with E-state index >= 15 is 0 Å². The molecule has 2 heterocycles. The van der Waals surface area contributed by atoms with Crippen molar-refractivity contribution < 1.29 is 0 Å². The smallest absolute Gasteiger partial charge is 0.220 e. The SMILES string of the molecule is C=CC(=C\n1ccnc1C)/C(=C/C)c1cnc(N)nc1C.CC1(C)CCC1. The fraction of sp³-hybridized carbons (Fsp3) is 0.409. The highest BCUT2D eigenvalue weighted by Crippen LogP contribution is 2.38. The molecule has 1 aliphatic carbocycles. The van der Waals surface area contributed by atoms with Crippen molar-refractivity contribution in [3.8, 4) is 0 Å². The molecular formula is C22H31N5. The molecule has 0 spiro atoms. The molecule has 0 amide bonds. The summed E-state index contributed by atoms with van der Waals surface area (Å²) in [6.07, 6.45) is 15.6. The van der Waals surface area contributed by atoms with Crippen LogP contribution in [0.15, 0.2) is 42.9 Å². The number of aromatic nitrogens is 4. The molecule has 5 heteroatoms. The Morgan fingerprint density at radius 1 is 1.26 bits per heavy atom. The monoisotopic (exact) mass is 365 g/mol. The van der Waals surface area contributed by atoms with Gasteiger partial charge in [0.25, 0.3) is 0 Å². The van der Waals surface area contributed by atoms with Gasteiger partial charge in [0.05, 0.1) is 5.69 Å². The van der Waals surface area contributed by atoms with Crippen LogP contribution < -0.4 is 5.73 Å². The Hall–Kier alpha value is -2.69. The molecule has 144 valence electrons. The molecule has 1 fully saturated rings. The molecule has 0 aliphatic heterocycles. The summed E-state index contributed by atoms with van der Waals surface area (Å²) in [5.41, 5.74) is 10.1. The van der Waals surface area contributed by atoms with Gasteiger partial charge in [0.2, 0.25) is 5.95 Å². The third kappa shape index (κ3) is 5.39. The molecule has 0 radical (unpaired) electrons. The van der Waals surface area contributed by atoms with E-state index in [0.29, 0.717) is 0 Å². The molecule has 1 saturated carbocycles. The van der Waals surface area contributed by atoms with E-state index in [2.05, 4.69) is 35.4 Å². The van der Waals surface area contributed by atoms with Crippen molar-refractivity contribution in [3.63, 3.8) is 0 Å². The molecule has 0 saturated heterocycles. The van der Waals surface area contributed by atoms with Crippen LogP contribution in [0, 0.1) is 19.3 Å². The standard InChI is InChI=1S/C16H19N5.C6H12/c1-5-13(10-21-8-7-18-12(21)4)14(6-2)15-9-19-16(17)20-11(15)3;1-6(2)4-3-5-6/h5-10H,1H2,2-4H3,(H2,17,19,20);3-5H2,1-2H3/b13-10+,14-6-;. The van der Waals surface area contributed by atoms with Gasteiger partial charge in [-0.15, -0.1) is 0 Å². The molecule has 0 unspecified atom stereocenters. The lowest BCUT2D eigenvalue weighted by molar-refractivity contribution is 0.190. The van der Waals surface area contributed by atoms with Crippen molar-refractivity contribution in [3.05, 3.63) is 60.0 Å². The molecular weight excluding hydrogens is 334 g/mol. The summed E-state index contributed by atoms with van der Waals surface area (Å²) in [6.45, 7) is 14.4. The van der Waals surface area contributed by atoms with E-state index in [1.165, 1.54) is 19.3 Å². The van der Waals surface area contributed by atoms with E-state index in [4.69, 9.17) is 5.73 Å². The van der Waals surface area contributed by atoms with Crippen LogP contribution in [0.2, 0.25) is 0 Å². The number of aryl methyl sites for hydroxylation is 2. The van der Waals surface area contributed by atoms with Gasteiger partial charge in [-0.25, -0.2) is 15.0 Å². The van der Waals surface area contributed by atoms with Gasteiger partial charge in [-0.2, -0.15) is 0 Å². The highest BCUT2D eigenvalue weighted by Gasteiger charge is 2.25. The topological polar surface area (TPSA) is 69.6 Å². The van der Waals surface area contributed by atoms with Gasteiger partial charge in [0.1, 0.15) is 5.82 Å². The average Bonchev–Trinajstić information content (AvgIpc) is 3.00. The maximum absolute atomic E-state index is 5.62. The van der Waals surface area contributed by atoms with Gasteiger partial charge < -0.3 is 10.3 Å². The first-order chi connectivity index (χ1) is 12.8. The van der Waals surface area contributed by atoms with Gasteiger partial charge in [0.15, 0.2) is 0 Å². The third-order valence-electron chi connectivity index (χ3n) is 4.96. The van der Waals surface area contributed by atoms with E-state index in [1.807, 2.05) is 49.9 Å². The highest BCUT2D eigenvalue weighted by molar-refractivity contribution is 5.85. The minimum atomic E-state index is 0.279. The molecule has 2 N–H and O–H groups in total. The second kappa shape index (κ2) is 8.80. The van der Waals surface area contributed by atoms with Crippen LogP contribution in [0.5, 0.6) is 0 Å². The molecule has 27 heavy (non-hydrogen) atoms. The molecule has 2 aromatic heterocycles. The zero-order valence-electron chi connectivity index (χ0n) is 17.2. The Labute approximate surface area is 162 Å². The molecule has 0 bridgehead atoms. The van der Waals surface area contributed by atoms with Crippen LogP contribution in [0.4, 0.5) is 5.95 Å². The molecule has 0 aromatic carbocycles. The van der Waals surface area contributed by atoms with Crippen LogP contribution in [-0.4, -0.2) is 19.5 Å². The number of imidazole rings is 1.